The van der Waals surface area contributed by atoms with Gasteiger partial charge in [-0.05, 0) is 54.8 Å². The normalized spacial score (nSPS) is 11.4. The van der Waals surface area contributed by atoms with E-state index in [1.165, 1.54) is 6.21 Å². The van der Waals surface area contributed by atoms with Crippen LogP contribution in [0.1, 0.15) is 22.3 Å². The van der Waals surface area contributed by atoms with E-state index in [2.05, 4.69) is 10.5 Å². The molecule has 0 saturated carbocycles. The highest BCUT2D eigenvalue weighted by Crippen LogP contribution is 2.21. The van der Waals surface area contributed by atoms with Gasteiger partial charge in [0.1, 0.15) is 18.9 Å². The van der Waals surface area contributed by atoms with Crippen LogP contribution in [0.3, 0.4) is 0 Å². The molecule has 8 heteroatoms. The summed E-state index contributed by atoms with van der Waals surface area (Å²) in [5.74, 6) is 0.0610. The van der Waals surface area contributed by atoms with Crippen molar-refractivity contribution >= 4 is 27.8 Å². The number of benzene rings is 3. The number of hydrogen-bond acceptors (Lipinski definition) is 5. The van der Waals surface area contributed by atoms with Gasteiger partial charge in [0.25, 0.3) is 5.91 Å². The first-order valence-corrected chi connectivity index (χ1v) is 12.2. The van der Waals surface area contributed by atoms with Gasteiger partial charge in [0.2, 0.25) is 10.0 Å². The number of nitrogens with zero attached hydrogens (tertiary/aromatic N) is 2. The van der Waals surface area contributed by atoms with Gasteiger partial charge < -0.3 is 4.74 Å². The Morgan fingerprint density at radius 2 is 1.64 bits per heavy atom. The third-order valence-corrected chi connectivity index (χ3v) is 5.87. The number of aryl methyl sites for hydroxylation is 2. The Hall–Kier alpha value is -3.65. The zero-order chi connectivity index (χ0) is 23.8. The predicted octanol–water partition coefficient (Wildman–Crippen LogP) is 3.80. The minimum Gasteiger partial charge on any atom is -0.488 e. The summed E-state index contributed by atoms with van der Waals surface area (Å²) < 4.78 is 31.6. The lowest BCUT2D eigenvalue weighted by atomic mass is 10.1. The van der Waals surface area contributed by atoms with Crippen LogP contribution in [0.25, 0.3) is 0 Å². The molecule has 0 atom stereocenters. The lowest BCUT2D eigenvalue weighted by Gasteiger charge is -2.22. The van der Waals surface area contributed by atoms with Gasteiger partial charge in [0, 0.05) is 5.56 Å². The SMILES string of the molecule is Cc1cc(C)cc(N(CC(=O)N/N=C/c2ccccc2OCc2ccccc2)S(C)(=O)=O)c1. The Morgan fingerprint density at radius 1 is 1.00 bits per heavy atom. The van der Waals surface area contributed by atoms with Crippen LogP contribution in [-0.4, -0.2) is 33.3 Å². The number of hydrogen-bond donors (Lipinski definition) is 1. The minimum atomic E-state index is -3.66. The molecule has 0 aliphatic carbocycles. The Labute approximate surface area is 194 Å². The van der Waals surface area contributed by atoms with E-state index in [1.807, 2.05) is 74.5 Å². The van der Waals surface area contributed by atoms with Gasteiger partial charge in [-0.2, -0.15) is 5.10 Å². The lowest BCUT2D eigenvalue weighted by molar-refractivity contribution is -0.119. The number of carbonyl (C=O) groups is 1. The number of rotatable bonds is 9. The number of hydrazone groups is 1. The van der Waals surface area contributed by atoms with Crippen molar-refractivity contribution in [1.82, 2.24) is 5.43 Å². The van der Waals surface area contributed by atoms with E-state index < -0.39 is 15.9 Å². The fourth-order valence-corrected chi connectivity index (χ4v) is 4.13. The van der Waals surface area contributed by atoms with Crippen LogP contribution in [-0.2, 0) is 21.4 Å². The minimum absolute atomic E-state index is 0.384. The van der Waals surface area contributed by atoms with Crippen molar-refractivity contribution in [2.24, 2.45) is 5.10 Å². The standard InChI is InChI=1S/C25H27N3O4S/c1-19-13-20(2)15-23(14-19)28(33(3,30)31)17-25(29)27-26-16-22-11-7-8-12-24(22)32-18-21-9-5-4-6-10-21/h4-16H,17-18H2,1-3H3,(H,27,29)/b26-16+. The van der Waals surface area contributed by atoms with Crippen molar-refractivity contribution in [3.8, 4) is 5.75 Å². The molecular formula is C25H27N3O4S. The van der Waals surface area contributed by atoms with Gasteiger partial charge in [0.15, 0.2) is 0 Å². The van der Waals surface area contributed by atoms with E-state index in [-0.39, 0.29) is 6.54 Å². The second kappa shape index (κ2) is 10.8. The summed E-state index contributed by atoms with van der Waals surface area (Å²) >= 11 is 0. The molecule has 0 radical (unpaired) electrons. The molecule has 1 N–H and O–H groups in total. The number of nitrogens with one attached hydrogen (secondary N) is 1. The van der Waals surface area contributed by atoms with Gasteiger partial charge >= 0.3 is 0 Å². The summed E-state index contributed by atoms with van der Waals surface area (Å²) in [4.78, 5) is 12.5. The zero-order valence-electron chi connectivity index (χ0n) is 18.9. The highest BCUT2D eigenvalue weighted by molar-refractivity contribution is 7.92. The number of anilines is 1. The fourth-order valence-electron chi connectivity index (χ4n) is 3.29. The molecule has 0 aliphatic heterocycles. The van der Waals surface area contributed by atoms with E-state index in [1.54, 1.807) is 12.1 Å². The van der Waals surface area contributed by atoms with Gasteiger partial charge in [0.05, 0.1) is 18.2 Å². The molecule has 0 bridgehead atoms. The van der Waals surface area contributed by atoms with Crippen molar-refractivity contribution < 1.29 is 17.9 Å². The molecule has 0 aromatic heterocycles. The van der Waals surface area contributed by atoms with Gasteiger partial charge in [-0.15, -0.1) is 0 Å². The third-order valence-electron chi connectivity index (χ3n) is 4.73. The van der Waals surface area contributed by atoms with Crippen LogP contribution in [0, 0.1) is 13.8 Å². The molecule has 0 saturated heterocycles. The number of amides is 1. The first-order chi connectivity index (χ1) is 15.7. The van der Waals surface area contributed by atoms with Crippen LogP contribution in [0.2, 0.25) is 0 Å². The number of carbonyl (C=O) groups excluding carboxylic acids is 1. The maximum atomic E-state index is 12.5. The highest BCUT2D eigenvalue weighted by atomic mass is 32.2. The number of para-hydroxylation sites is 1. The topological polar surface area (TPSA) is 88.1 Å². The van der Waals surface area contributed by atoms with Gasteiger partial charge in [-0.25, -0.2) is 13.8 Å². The molecule has 3 rings (SSSR count). The summed E-state index contributed by atoms with van der Waals surface area (Å²) in [5.41, 5.74) is 6.37. The van der Waals surface area contributed by atoms with E-state index in [4.69, 9.17) is 4.74 Å². The summed E-state index contributed by atoms with van der Waals surface area (Å²) in [5, 5.41) is 4.00. The second-order valence-electron chi connectivity index (χ2n) is 7.72. The molecule has 33 heavy (non-hydrogen) atoms. The Bertz CT molecular complexity index is 1220. The molecule has 0 heterocycles. The van der Waals surface area contributed by atoms with Crippen LogP contribution >= 0.6 is 0 Å². The molecule has 3 aromatic rings. The molecule has 0 fully saturated rings. The van der Waals surface area contributed by atoms with E-state index in [9.17, 15) is 13.2 Å². The zero-order valence-corrected chi connectivity index (χ0v) is 19.7. The number of ether oxygens (including phenoxy) is 1. The second-order valence-corrected chi connectivity index (χ2v) is 9.63. The summed E-state index contributed by atoms with van der Waals surface area (Å²) in [6.07, 6.45) is 2.54. The summed E-state index contributed by atoms with van der Waals surface area (Å²) in [6, 6.07) is 22.5. The third kappa shape index (κ3) is 7.18. The average molecular weight is 466 g/mol. The Balaban J connectivity index is 1.66. The predicted molar refractivity (Wildman–Crippen MR) is 131 cm³/mol. The van der Waals surface area contributed by atoms with Crippen molar-refractivity contribution in [1.29, 1.82) is 0 Å². The van der Waals surface area contributed by atoms with Crippen LogP contribution in [0.4, 0.5) is 5.69 Å². The van der Waals surface area contributed by atoms with Crippen LogP contribution in [0.15, 0.2) is 77.9 Å². The largest absolute Gasteiger partial charge is 0.488 e. The van der Waals surface area contributed by atoms with Gasteiger partial charge in [-0.1, -0.05) is 48.5 Å². The molecule has 172 valence electrons. The van der Waals surface area contributed by atoms with Crippen LogP contribution < -0.4 is 14.5 Å². The molecule has 0 unspecified atom stereocenters. The maximum Gasteiger partial charge on any atom is 0.260 e. The molecular weight excluding hydrogens is 438 g/mol. The van der Waals surface area contributed by atoms with E-state index >= 15 is 0 Å². The lowest BCUT2D eigenvalue weighted by Crippen LogP contribution is -2.39. The number of sulfonamides is 1. The Kier molecular flexibility index (Phi) is 7.84. The summed E-state index contributed by atoms with van der Waals surface area (Å²) in [7, 11) is -3.66. The van der Waals surface area contributed by atoms with Crippen molar-refractivity contribution in [2.45, 2.75) is 20.5 Å². The summed E-state index contributed by atoms with van der Waals surface area (Å²) in [6.45, 7) is 3.76. The highest BCUT2D eigenvalue weighted by Gasteiger charge is 2.21. The van der Waals surface area contributed by atoms with Crippen molar-refractivity contribution in [2.75, 3.05) is 17.1 Å². The van der Waals surface area contributed by atoms with Crippen molar-refractivity contribution in [3.05, 3.63) is 95.1 Å². The van der Waals surface area contributed by atoms with Crippen LogP contribution in [0.5, 0.6) is 5.75 Å². The molecule has 0 aliphatic rings. The molecule has 7 nitrogen and oxygen atoms in total. The molecule has 1 amide bonds. The van der Waals surface area contributed by atoms with E-state index in [0.29, 0.717) is 23.6 Å². The maximum absolute atomic E-state index is 12.5. The monoisotopic (exact) mass is 465 g/mol. The first kappa shape index (κ1) is 24.0. The quantitative estimate of drug-likeness (QED) is 0.385. The Morgan fingerprint density at radius 3 is 2.30 bits per heavy atom. The van der Waals surface area contributed by atoms with E-state index in [0.717, 1.165) is 27.3 Å². The van der Waals surface area contributed by atoms with Gasteiger partial charge in [-0.3, -0.25) is 9.10 Å². The smallest absolute Gasteiger partial charge is 0.260 e. The molecule has 3 aromatic carbocycles. The average Bonchev–Trinajstić information content (AvgIpc) is 2.76. The van der Waals surface area contributed by atoms with Crippen molar-refractivity contribution in [3.63, 3.8) is 0 Å². The molecule has 0 spiro atoms. The first-order valence-electron chi connectivity index (χ1n) is 10.4. The fraction of sp³-hybridized carbons (Fsp3) is 0.200.